The summed E-state index contributed by atoms with van der Waals surface area (Å²) >= 11 is 6.91. The molecule has 0 fully saturated rings. The van der Waals surface area contributed by atoms with Crippen LogP contribution in [-0.2, 0) is 0 Å². The van der Waals surface area contributed by atoms with Gasteiger partial charge in [0.05, 0.1) is 0 Å². The van der Waals surface area contributed by atoms with E-state index in [1.54, 1.807) is 0 Å². The maximum absolute atomic E-state index is 4.17. The highest BCUT2D eigenvalue weighted by Gasteiger charge is 2.01. The van der Waals surface area contributed by atoms with Crippen LogP contribution in [0.15, 0.2) is 39.5 Å². The maximum atomic E-state index is 4.17. The number of benzene rings is 1. The lowest BCUT2D eigenvalue weighted by atomic mass is 10.1. The normalized spacial score (nSPS) is 10.3. The van der Waals surface area contributed by atoms with E-state index in [1.165, 1.54) is 0 Å². The summed E-state index contributed by atoms with van der Waals surface area (Å²) in [7, 11) is 0. The first-order valence-electron chi connectivity index (χ1n) is 4.41. The van der Waals surface area contributed by atoms with E-state index in [0.29, 0.717) is 0 Å². The number of hydrogen-bond donors (Lipinski definition) is 0. The monoisotopic (exact) mass is 326 g/mol. The van der Waals surface area contributed by atoms with E-state index >= 15 is 0 Å². The van der Waals surface area contributed by atoms with Gasteiger partial charge in [0.15, 0.2) is 0 Å². The molecule has 15 heavy (non-hydrogen) atoms. The Hall–Kier alpha value is -0.740. The van der Waals surface area contributed by atoms with Crippen molar-refractivity contribution in [2.75, 3.05) is 0 Å². The van der Waals surface area contributed by atoms with Gasteiger partial charge in [-0.1, -0.05) is 6.07 Å². The molecule has 0 N–H and O–H groups in total. The van der Waals surface area contributed by atoms with Crippen LogP contribution in [0.5, 0.6) is 0 Å². The largest absolute Gasteiger partial charge is 0.241 e. The zero-order valence-corrected chi connectivity index (χ0v) is 11.2. The van der Waals surface area contributed by atoms with Crippen LogP contribution in [0, 0.1) is 6.92 Å². The Kier molecular flexibility index (Phi) is 3.17. The molecule has 0 amide bonds. The fraction of sp³-hybridized carbons (Fsp3) is 0.0909. The Balaban J connectivity index is 2.45. The smallest absolute Gasteiger partial charge is 0.125 e. The van der Waals surface area contributed by atoms with E-state index in [4.69, 9.17) is 0 Å². The second kappa shape index (κ2) is 4.41. The molecule has 0 aliphatic heterocycles. The third kappa shape index (κ3) is 2.44. The first-order chi connectivity index (χ1) is 7.16. The first kappa shape index (κ1) is 10.8. The predicted molar refractivity (Wildman–Crippen MR) is 67.6 cm³/mol. The average Bonchev–Trinajstić information content (AvgIpc) is 2.23. The molecular weight excluding hydrogens is 320 g/mol. The predicted octanol–water partition coefficient (Wildman–Crippen LogP) is 3.98. The molecule has 0 aliphatic carbocycles. The van der Waals surface area contributed by atoms with E-state index < -0.39 is 0 Å². The van der Waals surface area contributed by atoms with Gasteiger partial charge < -0.3 is 0 Å². The number of nitrogens with zero attached hydrogens (tertiary/aromatic N) is 2. The zero-order valence-electron chi connectivity index (χ0n) is 8.04. The van der Waals surface area contributed by atoms with Crippen LogP contribution in [0.1, 0.15) is 5.82 Å². The van der Waals surface area contributed by atoms with E-state index in [2.05, 4.69) is 41.8 Å². The minimum atomic E-state index is 0.787. The molecule has 0 bridgehead atoms. The molecule has 1 heterocycles. The van der Waals surface area contributed by atoms with Crippen LogP contribution in [0.2, 0.25) is 0 Å². The molecular formula is C11H8Br2N2. The summed E-state index contributed by atoms with van der Waals surface area (Å²) in [5.41, 5.74) is 2.12. The first-order valence-corrected chi connectivity index (χ1v) is 5.99. The minimum Gasteiger partial charge on any atom is -0.241 e. The fourth-order valence-electron chi connectivity index (χ4n) is 1.22. The van der Waals surface area contributed by atoms with E-state index in [0.717, 1.165) is 25.9 Å². The third-order valence-electron chi connectivity index (χ3n) is 2.03. The quantitative estimate of drug-likeness (QED) is 0.791. The van der Waals surface area contributed by atoms with Crippen LogP contribution in [0.3, 0.4) is 0 Å². The molecule has 1 aromatic carbocycles. The highest BCUT2D eigenvalue weighted by Crippen LogP contribution is 2.28. The molecule has 2 nitrogen and oxygen atoms in total. The van der Waals surface area contributed by atoms with E-state index in [1.807, 2.05) is 37.5 Å². The van der Waals surface area contributed by atoms with Gasteiger partial charge in [0, 0.05) is 26.9 Å². The van der Waals surface area contributed by atoms with Gasteiger partial charge in [-0.25, -0.2) is 9.97 Å². The summed E-state index contributed by atoms with van der Waals surface area (Å²) in [5, 5.41) is 0. The molecule has 0 atom stereocenters. The molecule has 4 heteroatoms. The second-order valence-electron chi connectivity index (χ2n) is 3.15. The summed E-state index contributed by atoms with van der Waals surface area (Å²) in [5.74, 6) is 0.787. The van der Waals surface area contributed by atoms with Crippen molar-refractivity contribution in [3.05, 3.63) is 45.4 Å². The van der Waals surface area contributed by atoms with Crippen molar-refractivity contribution in [2.24, 2.45) is 0 Å². The van der Waals surface area contributed by atoms with Crippen LogP contribution < -0.4 is 0 Å². The van der Waals surface area contributed by atoms with E-state index in [9.17, 15) is 0 Å². The van der Waals surface area contributed by atoms with Gasteiger partial charge in [-0.05, 0) is 56.5 Å². The molecule has 0 aliphatic rings. The Morgan fingerprint density at radius 2 is 1.60 bits per heavy atom. The number of halogens is 2. The van der Waals surface area contributed by atoms with Gasteiger partial charge >= 0.3 is 0 Å². The Morgan fingerprint density at radius 1 is 0.933 bits per heavy atom. The van der Waals surface area contributed by atoms with Crippen molar-refractivity contribution in [1.29, 1.82) is 0 Å². The maximum Gasteiger partial charge on any atom is 0.125 e. The highest BCUT2D eigenvalue weighted by atomic mass is 79.9. The molecule has 2 rings (SSSR count). The average molecular weight is 328 g/mol. The zero-order chi connectivity index (χ0) is 10.8. The van der Waals surface area contributed by atoms with Crippen LogP contribution in [0.25, 0.3) is 11.1 Å². The van der Waals surface area contributed by atoms with Crippen molar-refractivity contribution in [2.45, 2.75) is 6.92 Å². The lowest BCUT2D eigenvalue weighted by molar-refractivity contribution is 1.06. The van der Waals surface area contributed by atoms with Crippen LogP contribution in [0.4, 0.5) is 0 Å². The standard InChI is InChI=1S/C11H8Br2N2/c1-7-14-5-9(6-15-7)8-2-3-10(12)11(13)4-8/h2-6H,1H3. The van der Waals surface area contributed by atoms with Gasteiger partial charge in [0.2, 0.25) is 0 Å². The van der Waals surface area contributed by atoms with Gasteiger partial charge in [-0.2, -0.15) is 0 Å². The lowest BCUT2D eigenvalue weighted by Crippen LogP contribution is -1.87. The highest BCUT2D eigenvalue weighted by molar-refractivity contribution is 9.13. The molecule has 76 valence electrons. The molecule has 1 aromatic heterocycles. The Labute approximate surface area is 105 Å². The van der Waals surface area contributed by atoms with Crippen molar-refractivity contribution >= 4 is 31.9 Å². The van der Waals surface area contributed by atoms with Crippen molar-refractivity contribution in [3.8, 4) is 11.1 Å². The number of aromatic nitrogens is 2. The molecule has 0 saturated heterocycles. The van der Waals surface area contributed by atoms with Gasteiger partial charge in [-0.15, -0.1) is 0 Å². The molecule has 0 unspecified atom stereocenters. The van der Waals surface area contributed by atoms with Crippen LogP contribution in [-0.4, -0.2) is 9.97 Å². The summed E-state index contributed by atoms with van der Waals surface area (Å²) < 4.78 is 2.07. The Morgan fingerprint density at radius 3 is 2.20 bits per heavy atom. The summed E-state index contributed by atoms with van der Waals surface area (Å²) in [6.45, 7) is 1.88. The van der Waals surface area contributed by atoms with E-state index in [-0.39, 0.29) is 0 Å². The van der Waals surface area contributed by atoms with Gasteiger partial charge in [0.1, 0.15) is 5.82 Å². The lowest BCUT2D eigenvalue weighted by Gasteiger charge is -2.03. The molecule has 2 aromatic rings. The summed E-state index contributed by atoms with van der Waals surface area (Å²) in [6.07, 6.45) is 3.66. The SMILES string of the molecule is Cc1ncc(-c2ccc(Br)c(Br)c2)cn1. The second-order valence-corrected chi connectivity index (χ2v) is 4.86. The number of rotatable bonds is 1. The van der Waals surface area contributed by atoms with Crippen molar-refractivity contribution < 1.29 is 0 Å². The number of aryl methyl sites for hydroxylation is 1. The molecule has 0 radical (unpaired) electrons. The summed E-state index contributed by atoms with van der Waals surface area (Å²) in [6, 6.07) is 6.07. The number of hydrogen-bond acceptors (Lipinski definition) is 2. The Bertz CT molecular complexity index is 480. The van der Waals surface area contributed by atoms with Gasteiger partial charge in [0.25, 0.3) is 0 Å². The molecule has 0 spiro atoms. The van der Waals surface area contributed by atoms with Crippen molar-refractivity contribution in [3.63, 3.8) is 0 Å². The van der Waals surface area contributed by atoms with Crippen molar-refractivity contribution in [1.82, 2.24) is 9.97 Å². The van der Waals surface area contributed by atoms with Gasteiger partial charge in [-0.3, -0.25) is 0 Å². The molecule has 0 saturated carbocycles. The summed E-state index contributed by atoms with van der Waals surface area (Å²) in [4.78, 5) is 8.34. The van der Waals surface area contributed by atoms with Crippen LogP contribution >= 0.6 is 31.9 Å². The fourth-order valence-corrected chi connectivity index (χ4v) is 1.84. The minimum absolute atomic E-state index is 0.787. The third-order valence-corrected chi connectivity index (χ3v) is 3.91. The topological polar surface area (TPSA) is 25.8 Å².